The Labute approximate surface area is 168 Å². The van der Waals surface area contributed by atoms with E-state index < -0.39 is 0 Å². The summed E-state index contributed by atoms with van der Waals surface area (Å²) in [6.07, 6.45) is 1.87. The van der Waals surface area contributed by atoms with Crippen molar-refractivity contribution in [2.24, 2.45) is 0 Å². The molecule has 7 heteroatoms. The molecule has 134 valence electrons. The zero-order valence-corrected chi connectivity index (χ0v) is 16.7. The highest BCUT2D eigenvalue weighted by Crippen LogP contribution is 2.22. The molecule has 26 heavy (non-hydrogen) atoms. The number of hydrogen-bond donors (Lipinski definition) is 2. The molecule has 2 N–H and O–H groups in total. The van der Waals surface area contributed by atoms with E-state index in [0.717, 1.165) is 11.3 Å². The van der Waals surface area contributed by atoms with E-state index in [9.17, 15) is 0 Å². The molecule has 1 heterocycles. The van der Waals surface area contributed by atoms with E-state index >= 15 is 0 Å². The van der Waals surface area contributed by atoms with E-state index in [1.54, 1.807) is 10.7 Å². The SMILES string of the molecule is Cc1cccc(NC(=S)Nc2ccn(Cc3ccc(Cl)cc3Cl)n2)c1C. The summed E-state index contributed by atoms with van der Waals surface area (Å²) in [5.41, 5.74) is 4.30. The lowest BCUT2D eigenvalue weighted by molar-refractivity contribution is 0.690. The molecule has 0 bridgehead atoms. The Hall–Kier alpha value is -2.08. The third-order valence-electron chi connectivity index (χ3n) is 4.08. The van der Waals surface area contributed by atoms with E-state index in [4.69, 9.17) is 35.4 Å². The highest BCUT2D eigenvalue weighted by Gasteiger charge is 2.07. The maximum absolute atomic E-state index is 6.22. The van der Waals surface area contributed by atoms with Gasteiger partial charge in [-0.2, -0.15) is 5.10 Å². The summed E-state index contributed by atoms with van der Waals surface area (Å²) in [6.45, 7) is 4.68. The normalized spacial score (nSPS) is 10.6. The summed E-state index contributed by atoms with van der Waals surface area (Å²) in [5, 5.41) is 12.5. The molecule has 0 spiro atoms. The number of rotatable bonds is 4. The van der Waals surface area contributed by atoms with Crippen LogP contribution in [0.15, 0.2) is 48.7 Å². The van der Waals surface area contributed by atoms with Gasteiger partial charge in [-0.3, -0.25) is 4.68 Å². The van der Waals surface area contributed by atoms with Gasteiger partial charge in [-0.15, -0.1) is 0 Å². The fourth-order valence-corrected chi connectivity index (χ4v) is 3.18. The second-order valence-electron chi connectivity index (χ2n) is 5.96. The molecule has 0 aliphatic carbocycles. The number of halogens is 2. The minimum atomic E-state index is 0.494. The Kier molecular flexibility index (Phi) is 5.81. The molecule has 0 amide bonds. The van der Waals surface area contributed by atoms with Crippen LogP contribution in [0.4, 0.5) is 11.5 Å². The average Bonchev–Trinajstić information content (AvgIpc) is 3.01. The van der Waals surface area contributed by atoms with Crippen molar-refractivity contribution in [3.8, 4) is 0 Å². The summed E-state index contributed by atoms with van der Waals surface area (Å²) in [7, 11) is 0. The molecular formula is C19H18Cl2N4S. The number of anilines is 2. The predicted octanol–water partition coefficient (Wildman–Crippen LogP) is 5.66. The predicted molar refractivity (Wildman–Crippen MR) is 114 cm³/mol. The third-order valence-corrected chi connectivity index (χ3v) is 4.87. The molecule has 0 atom stereocenters. The van der Waals surface area contributed by atoms with Gasteiger partial charge in [0.05, 0.1) is 6.54 Å². The van der Waals surface area contributed by atoms with Crippen LogP contribution in [0.3, 0.4) is 0 Å². The molecular weight excluding hydrogens is 387 g/mol. The van der Waals surface area contributed by atoms with Gasteiger partial charge in [0.25, 0.3) is 0 Å². The van der Waals surface area contributed by atoms with Gasteiger partial charge < -0.3 is 10.6 Å². The lowest BCUT2D eigenvalue weighted by atomic mass is 10.1. The zero-order valence-electron chi connectivity index (χ0n) is 14.4. The number of nitrogens with one attached hydrogen (secondary N) is 2. The van der Waals surface area contributed by atoms with Gasteiger partial charge in [0.15, 0.2) is 10.9 Å². The zero-order chi connectivity index (χ0) is 18.7. The van der Waals surface area contributed by atoms with Crippen molar-refractivity contribution in [3.05, 3.63) is 75.4 Å². The van der Waals surface area contributed by atoms with E-state index in [1.165, 1.54) is 11.1 Å². The number of aryl methyl sites for hydroxylation is 1. The van der Waals surface area contributed by atoms with Gasteiger partial charge in [0, 0.05) is 28.0 Å². The lowest BCUT2D eigenvalue weighted by Gasteiger charge is -2.12. The van der Waals surface area contributed by atoms with Gasteiger partial charge >= 0.3 is 0 Å². The first kappa shape index (κ1) is 18.7. The molecule has 0 aliphatic heterocycles. The molecule has 0 saturated carbocycles. The maximum atomic E-state index is 6.22. The minimum Gasteiger partial charge on any atom is -0.332 e. The van der Waals surface area contributed by atoms with Crippen LogP contribution in [0.2, 0.25) is 10.0 Å². The molecule has 3 aromatic rings. The topological polar surface area (TPSA) is 41.9 Å². The minimum absolute atomic E-state index is 0.494. The van der Waals surface area contributed by atoms with Gasteiger partial charge in [0.1, 0.15) is 0 Å². The summed E-state index contributed by atoms with van der Waals surface area (Å²) in [4.78, 5) is 0. The highest BCUT2D eigenvalue weighted by molar-refractivity contribution is 7.80. The van der Waals surface area contributed by atoms with Crippen LogP contribution in [0.5, 0.6) is 0 Å². The quantitative estimate of drug-likeness (QED) is 0.550. The Bertz CT molecular complexity index is 952. The van der Waals surface area contributed by atoms with Crippen molar-refractivity contribution < 1.29 is 0 Å². The number of nitrogens with zero attached hydrogens (tertiary/aromatic N) is 2. The Morgan fingerprint density at radius 2 is 1.92 bits per heavy atom. The number of thiocarbonyl (C=S) groups is 1. The first-order valence-electron chi connectivity index (χ1n) is 8.04. The molecule has 0 radical (unpaired) electrons. The standard InChI is InChI=1S/C19H18Cl2N4S/c1-12-4-3-5-17(13(12)2)22-19(26)23-18-8-9-25(24-18)11-14-6-7-15(20)10-16(14)21/h3-10H,11H2,1-2H3,(H2,22,23,24,26). The number of aromatic nitrogens is 2. The fourth-order valence-electron chi connectivity index (χ4n) is 2.50. The summed E-state index contributed by atoms with van der Waals surface area (Å²) in [5.74, 6) is 0.665. The largest absolute Gasteiger partial charge is 0.332 e. The summed E-state index contributed by atoms with van der Waals surface area (Å²) >= 11 is 17.5. The maximum Gasteiger partial charge on any atom is 0.176 e. The van der Waals surface area contributed by atoms with Crippen molar-refractivity contribution >= 4 is 52.0 Å². The molecule has 0 aliphatic rings. The van der Waals surface area contributed by atoms with E-state index in [-0.39, 0.29) is 0 Å². The second kappa shape index (κ2) is 8.08. The van der Waals surface area contributed by atoms with Gasteiger partial charge in [-0.25, -0.2) is 0 Å². The van der Waals surface area contributed by atoms with Crippen LogP contribution < -0.4 is 10.6 Å². The second-order valence-corrected chi connectivity index (χ2v) is 7.21. The van der Waals surface area contributed by atoms with Crippen molar-refractivity contribution in [2.75, 3.05) is 10.6 Å². The van der Waals surface area contributed by atoms with E-state index in [0.29, 0.717) is 27.5 Å². The molecule has 0 fully saturated rings. The fraction of sp³-hybridized carbons (Fsp3) is 0.158. The monoisotopic (exact) mass is 404 g/mol. The average molecular weight is 405 g/mol. The molecule has 0 unspecified atom stereocenters. The van der Waals surface area contributed by atoms with Crippen LogP contribution >= 0.6 is 35.4 Å². The van der Waals surface area contributed by atoms with Crippen molar-refractivity contribution in [1.82, 2.24) is 9.78 Å². The summed E-state index contributed by atoms with van der Waals surface area (Å²) in [6, 6.07) is 13.4. The Morgan fingerprint density at radius 1 is 1.12 bits per heavy atom. The van der Waals surface area contributed by atoms with E-state index in [1.807, 2.05) is 36.5 Å². The van der Waals surface area contributed by atoms with E-state index in [2.05, 4.69) is 35.6 Å². The highest BCUT2D eigenvalue weighted by atomic mass is 35.5. The van der Waals surface area contributed by atoms with Gasteiger partial charge in [-0.05, 0) is 61.0 Å². The Morgan fingerprint density at radius 3 is 2.69 bits per heavy atom. The van der Waals surface area contributed by atoms with Crippen molar-refractivity contribution in [2.45, 2.75) is 20.4 Å². The molecule has 3 rings (SSSR count). The lowest BCUT2D eigenvalue weighted by Crippen LogP contribution is -2.20. The first-order chi connectivity index (χ1) is 12.4. The number of benzene rings is 2. The first-order valence-corrected chi connectivity index (χ1v) is 9.20. The smallest absolute Gasteiger partial charge is 0.176 e. The molecule has 4 nitrogen and oxygen atoms in total. The van der Waals surface area contributed by atoms with Crippen LogP contribution in [0.25, 0.3) is 0 Å². The van der Waals surface area contributed by atoms with Crippen molar-refractivity contribution in [3.63, 3.8) is 0 Å². The van der Waals surface area contributed by atoms with Gasteiger partial charge in [-0.1, -0.05) is 41.4 Å². The third kappa shape index (κ3) is 4.55. The molecule has 1 aromatic heterocycles. The van der Waals surface area contributed by atoms with Gasteiger partial charge in [0.2, 0.25) is 0 Å². The van der Waals surface area contributed by atoms with Crippen LogP contribution in [-0.2, 0) is 6.54 Å². The Balaban J connectivity index is 1.64. The molecule has 2 aromatic carbocycles. The molecule has 0 saturated heterocycles. The van der Waals surface area contributed by atoms with Crippen LogP contribution in [0.1, 0.15) is 16.7 Å². The summed E-state index contributed by atoms with van der Waals surface area (Å²) < 4.78 is 1.79. The number of hydrogen-bond acceptors (Lipinski definition) is 2. The van der Waals surface area contributed by atoms with Crippen LogP contribution in [-0.4, -0.2) is 14.9 Å². The van der Waals surface area contributed by atoms with Crippen LogP contribution in [0, 0.1) is 13.8 Å². The van der Waals surface area contributed by atoms with Crippen molar-refractivity contribution in [1.29, 1.82) is 0 Å².